The lowest BCUT2D eigenvalue weighted by Crippen LogP contribution is -2.53. The minimum Gasteiger partial charge on any atom is -0.444 e. The van der Waals surface area contributed by atoms with Crippen molar-refractivity contribution < 1.29 is 19.1 Å². The van der Waals surface area contributed by atoms with Crippen LogP contribution in [0.2, 0.25) is 0 Å². The van der Waals surface area contributed by atoms with Crippen molar-refractivity contribution in [1.29, 1.82) is 0 Å². The summed E-state index contributed by atoms with van der Waals surface area (Å²) in [6, 6.07) is 21.2. The van der Waals surface area contributed by atoms with Gasteiger partial charge in [0.2, 0.25) is 5.91 Å². The number of nitrogens with zero attached hydrogens (tertiary/aromatic N) is 1. The molecule has 0 heterocycles. The first kappa shape index (κ1) is 33.4. The van der Waals surface area contributed by atoms with E-state index in [9.17, 15) is 14.4 Å². The molecule has 2 unspecified atom stereocenters. The fraction of sp³-hybridized carbons (Fsp3) is 0.417. The third kappa shape index (κ3) is 10.3. The highest BCUT2D eigenvalue weighted by Crippen LogP contribution is 2.28. The molecule has 7 nitrogen and oxygen atoms in total. The monoisotopic (exact) mass is 585 g/mol. The molecule has 0 aliphatic rings. The van der Waals surface area contributed by atoms with Gasteiger partial charge < -0.3 is 20.3 Å². The van der Waals surface area contributed by atoms with Crippen LogP contribution in [0, 0.1) is 20.8 Å². The van der Waals surface area contributed by atoms with E-state index in [2.05, 4.69) is 17.6 Å². The Bertz CT molecular complexity index is 1360. The quantitative estimate of drug-likeness (QED) is 0.216. The summed E-state index contributed by atoms with van der Waals surface area (Å²) >= 11 is 0. The first-order valence-corrected chi connectivity index (χ1v) is 15.2. The summed E-state index contributed by atoms with van der Waals surface area (Å²) in [4.78, 5) is 43.5. The maximum Gasteiger partial charge on any atom is 0.408 e. The Labute approximate surface area is 257 Å². The molecule has 0 bridgehead atoms. The number of benzene rings is 3. The third-order valence-corrected chi connectivity index (χ3v) is 7.08. The number of carbonyl (C=O) groups excluding carboxylic acids is 3. The Kier molecular flexibility index (Phi) is 11.9. The highest BCUT2D eigenvalue weighted by Gasteiger charge is 2.36. The number of aryl methyl sites for hydroxylation is 3. The predicted octanol–water partition coefficient (Wildman–Crippen LogP) is 7.45. The zero-order chi connectivity index (χ0) is 31.6. The molecule has 230 valence electrons. The second kappa shape index (κ2) is 15.4. The van der Waals surface area contributed by atoms with Gasteiger partial charge in [-0.1, -0.05) is 97.6 Å². The Morgan fingerprint density at radius 3 is 2.09 bits per heavy atom. The van der Waals surface area contributed by atoms with Crippen LogP contribution in [0.15, 0.2) is 72.8 Å². The van der Waals surface area contributed by atoms with Gasteiger partial charge in [0.15, 0.2) is 0 Å². The van der Waals surface area contributed by atoms with Gasteiger partial charge in [0, 0.05) is 18.7 Å². The number of rotatable bonds is 12. The zero-order valence-electron chi connectivity index (χ0n) is 26.7. The first-order chi connectivity index (χ1) is 20.4. The predicted molar refractivity (Wildman–Crippen MR) is 173 cm³/mol. The summed E-state index contributed by atoms with van der Waals surface area (Å²) in [5.41, 5.74) is 4.49. The maximum absolute atomic E-state index is 14.6. The minimum absolute atomic E-state index is 0.252. The smallest absolute Gasteiger partial charge is 0.408 e. The van der Waals surface area contributed by atoms with Crippen LogP contribution in [0.3, 0.4) is 0 Å². The number of nitrogens with one attached hydrogen (secondary N) is 2. The molecule has 0 aromatic heterocycles. The zero-order valence-corrected chi connectivity index (χ0v) is 26.7. The van der Waals surface area contributed by atoms with Crippen molar-refractivity contribution in [3.8, 4) is 0 Å². The van der Waals surface area contributed by atoms with E-state index >= 15 is 0 Å². The van der Waals surface area contributed by atoms with E-state index in [1.54, 1.807) is 25.7 Å². The summed E-state index contributed by atoms with van der Waals surface area (Å²) < 4.78 is 5.55. The molecular formula is C36H47N3O4. The van der Waals surface area contributed by atoms with Crippen molar-refractivity contribution in [3.05, 3.63) is 101 Å². The van der Waals surface area contributed by atoms with Crippen molar-refractivity contribution in [2.45, 2.75) is 91.8 Å². The molecule has 0 saturated heterocycles. The van der Waals surface area contributed by atoms with Crippen LogP contribution in [0.4, 0.5) is 10.5 Å². The number of amides is 3. The Balaban J connectivity index is 2.10. The van der Waals surface area contributed by atoms with Crippen LogP contribution in [0.5, 0.6) is 0 Å². The van der Waals surface area contributed by atoms with Gasteiger partial charge in [-0.15, -0.1) is 0 Å². The van der Waals surface area contributed by atoms with Crippen LogP contribution in [0.1, 0.15) is 80.8 Å². The fourth-order valence-corrected chi connectivity index (χ4v) is 5.15. The fourth-order valence-electron chi connectivity index (χ4n) is 5.15. The van der Waals surface area contributed by atoms with E-state index in [1.165, 1.54) is 0 Å². The lowest BCUT2D eigenvalue weighted by atomic mass is 9.97. The van der Waals surface area contributed by atoms with Crippen LogP contribution in [-0.4, -0.2) is 41.0 Å². The molecule has 2 N–H and O–H groups in total. The number of alkyl carbamates (subject to hydrolysis) is 1. The highest BCUT2D eigenvalue weighted by atomic mass is 16.6. The molecule has 3 amide bonds. The highest BCUT2D eigenvalue weighted by molar-refractivity contribution is 5.99. The maximum atomic E-state index is 14.6. The van der Waals surface area contributed by atoms with Gasteiger partial charge in [0.1, 0.15) is 17.7 Å². The van der Waals surface area contributed by atoms with Gasteiger partial charge in [-0.05, 0) is 70.7 Å². The van der Waals surface area contributed by atoms with Crippen molar-refractivity contribution in [2.24, 2.45) is 0 Å². The van der Waals surface area contributed by atoms with Crippen molar-refractivity contribution in [3.63, 3.8) is 0 Å². The average molecular weight is 586 g/mol. The van der Waals surface area contributed by atoms with Crippen LogP contribution >= 0.6 is 0 Å². The van der Waals surface area contributed by atoms with Crippen LogP contribution in [0.25, 0.3) is 0 Å². The summed E-state index contributed by atoms with van der Waals surface area (Å²) in [6.07, 6.45) is 2.14. The molecule has 0 aliphatic carbocycles. The molecule has 0 spiro atoms. The molecule has 3 aromatic carbocycles. The lowest BCUT2D eigenvalue weighted by molar-refractivity contribution is -0.140. The lowest BCUT2D eigenvalue weighted by Gasteiger charge is -2.35. The molecule has 2 atom stereocenters. The molecule has 3 aromatic rings. The first-order valence-electron chi connectivity index (χ1n) is 15.2. The van der Waals surface area contributed by atoms with Gasteiger partial charge in [0.25, 0.3) is 5.91 Å². The molecule has 43 heavy (non-hydrogen) atoms. The Morgan fingerprint density at radius 2 is 1.49 bits per heavy atom. The van der Waals surface area contributed by atoms with E-state index in [1.807, 2.05) is 93.6 Å². The van der Waals surface area contributed by atoms with Gasteiger partial charge in [0.05, 0.1) is 0 Å². The molecular weight excluding hydrogens is 538 g/mol. The van der Waals surface area contributed by atoms with Gasteiger partial charge in [-0.25, -0.2) is 4.79 Å². The van der Waals surface area contributed by atoms with Gasteiger partial charge in [-0.3, -0.25) is 9.59 Å². The molecule has 0 aliphatic heterocycles. The normalized spacial score (nSPS) is 12.6. The Hall–Kier alpha value is -4.13. The SMILES string of the molecule is CCCCCN(C(=O)C(Cc1ccccc1)NC(=O)OC(C)(C)C)C(C(=O)Nc1ccccc1C)c1cc(C)cc(C)c1. The van der Waals surface area contributed by atoms with E-state index in [4.69, 9.17) is 4.74 Å². The number of ether oxygens (including phenoxy) is 1. The molecule has 0 saturated carbocycles. The summed E-state index contributed by atoms with van der Waals surface area (Å²) in [6.45, 7) is 13.7. The minimum atomic E-state index is -0.946. The number of unbranched alkanes of at least 4 members (excludes halogenated alkanes) is 2. The second-order valence-corrected chi connectivity index (χ2v) is 12.3. The number of hydrogen-bond acceptors (Lipinski definition) is 4. The second-order valence-electron chi connectivity index (χ2n) is 12.3. The number of anilines is 1. The average Bonchev–Trinajstić information content (AvgIpc) is 2.92. The molecule has 3 rings (SSSR count). The Morgan fingerprint density at radius 1 is 0.860 bits per heavy atom. The standard InChI is InChI=1S/C36H47N3O4/c1-8-9-15-20-39(34(41)31(24-28-17-11-10-12-18-28)38-35(42)43-36(5,6)7)32(29-22-25(2)21-26(3)23-29)33(40)37-30-19-14-13-16-27(30)4/h10-14,16-19,21-23,31-32H,8-9,15,20,24H2,1-7H3,(H,37,40)(H,38,42). The third-order valence-electron chi connectivity index (χ3n) is 7.08. The number of para-hydroxylation sites is 1. The molecule has 0 fully saturated rings. The van der Waals surface area contributed by atoms with Crippen molar-refractivity contribution in [2.75, 3.05) is 11.9 Å². The summed E-state index contributed by atoms with van der Waals surface area (Å²) in [7, 11) is 0. The van der Waals surface area contributed by atoms with Crippen LogP contribution in [-0.2, 0) is 20.7 Å². The van der Waals surface area contributed by atoms with E-state index in [-0.39, 0.29) is 18.2 Å². The van der Waals surface area contributed by atoms with Crippen molar-refractivity contribution in [1.82, 2.24) is 10.2 Å². The van der Waals surface area contributed by atoms with Gasteiger partial charge >= 0.3 is 6.09 Å². The molecule has 7 heteroatoms. The number of hydrogen-bond donors (Lipinski definition) is 2. The van der Waals surface area contributed by atoms with E-state index in [0.29, 0.717) is 18.7 Å². The number of carbonyl (C=O) groups is 3. The van der Waals surface area contributed by atoms with Crippen LogP contribution < -0.4 is 10.6 Å². The van der Waals surface area contributed by atoms with E-state index in [0.717, 1.165) is 40.7 Å². The summed E-state index contributed by atoms with van der Waals surface area (Å²) in [5, 5.41) is 5.92. The largest absolute Gasteiger partial charge is 0.444 e. The molecule has 0 radical (unpaired) electrons. The van der Waals surface area contributed by atoms with E-state index < -0.39 is 23.8 Å². The topological polar surface area (TPSA) is 87.7 Å². The summed E-state index contributed by atoms with van der Waals surface area (Å²) in [5.74, 6) is -0.644. The van der Waals surface area contributed by atoms with Gasteiger partial charge in [-0.2, -0.15) is 0 Å². The van der Waals surface area contributed by atoms with Crippen molar-refractivity contribution >= 4 is 23.6 Å².